The minimum Gasteiger partial charge on any atom is -0.496 e. The maximum absolute atomic E-state index is 12.7. The van der Waals surface area contributed by atoms with E-state index in [0.29, 0.717) is 11.4 Å². The van der Waals surface area contributed by atoms with Crippen LogP contribution in [0, 0.1) is 13.8 Å². The number of nitrogens with zero attached hydrogens (tertiary/aromatic N) is 1. The van der Waals surface area contributed by atoms with Crippen molar-refractivity contribution >= 4 is 39.1 Å². The van der Waals surface area contributed by atoms with Crippen molar-refractivity contribution < 1.29 is 17.9 Å². The fraction of sp³-hybridized carbons (Fsp3) is 0.368. The molecule has 0 spiro atoms. The molecule has 1 aromatic carbocycles. The molecule has 0 bridgehead atoms. The monoisotopic (exact) mass is 457 g/mol. The van der Waals surface area contributed by atoms with Gasteiger partial charge in [0.2, 0.25) is 10.0 Å². The molecule has 0 radical (unpaired) electrons. The predicted octanol–water partition coefficient (Wildman–Crippen LogP) is 3.38. The predicted molar refractivity (Wildman–Crippen MR) is 111 cm³/mol. The topological polar surface area (TPSA) is 97.4 Å². The molecule has 10 heteroatoms. The Kier molecular flexibility index (Phi) is 6.38. The molecule has 156 valence electrons. The lowest BCUT2D eigenvalue weighted by molar-refractivity contribution is 0.0950. The summed E-state index contributed by atoms with van der Waals surface area (Å²) in [5.41, 5.74) is 2.35. The van der Waals surface area contributed by atoms with Crippen LogP contribution < -0.4 is 14.8 Å². The fourth-order valence-corrected chi connectivity index (χ4v) is 5.07. The second-order valence-corrected chi connectivity index (χ2v) is 9.38. The van der Waals surface area contributed by atoms with Crippen molar-refractivity contribution in [3.05, 3.63) is 50.8 Å². The maximum atomic E-state index is 12.7. The molecule has 1 amide bonds. The van der Waals surface area contributed by atoms with Crippen LogP contribution >= 0.6 is 23.2 Å². The number of aromatic nitrogens is 1. The zero-order valence-corrected chi connectivity index (χ0v) is 18.5. The largest absolute Gasteiger partial charge is 0.496 e. The van der Waals surface area contributed by atoms with E-state index in [-0.39, 0.29) is 33.1 Å². The number of pyridine rings is 1. The van der Waals surface area contributed by atoms with Crippen LogP contribution in [0.4, 0.5) is 0 Å². The number of carbonyl (C=O) groups is 1. The normalized spacial score (nSPS) is 14.0. The highest BCUT2D eigenvalue weighted by molar-refractivity contribution is 7.89. The van der Waals surface area contributed by atoms with Crippen molar-refractivity contribution in [2.75, 3.05) is 7.11 Å². The van der Waals surface area contributed by atoms with Gasteiger partial charge in [-0.3, -0.25) is 9.78 Å². The zero-order valence-electron chi connectivity index (χ0n) is 16.2. The Labute approximate surface area is 179 Å². The van der Waals surface area contributed by atoms with Crippen molar-refractivity contribution in [2.24, 2.45) is 0 Å². The second kappa shape index (κ2) is 8.47. The molecule has 1 heterocycles. The van der Waals surface area contributed by atoms with Gasteiger partial charge in [0, 0.05) is 23.4 Å². The number of nitrogens with one attached hydrogen (secondary N) is 2. The number of carbonyl (C=O) groups excluding carboxylic acids is 1. The number of aryl methyl sites for hydroxylation is 1. The lowest BCUT2D eigenvalue weighted by atomic mass is 10.1. The summed E-state index contributed by atoms with van der Waals surface area (Å²) in [5.74, 6) is 0.170. The highest BCUT2D eigenvalue weighted by Crippen LogP contribution is 2.31. The van der Waals surface area contributed by atoms with Gasteiger partial charge in [0.1, 0.15) is 10.6 Å². The number of sulfonamides is 1. The summed E-state index contributed by atoms with van der Waals surface area (Å²) in [4.78, 5) is 16.8. The first-order chi connectivity index (χ1) is 13.6. The highest BCUT2D eigenvalue weighted by atomic mass is 35.5. The van der Waals surface area contributed by atoms with Gasteiger partial charge < -0.3 is 10.1 Å². The summed E-state index contributed by atoms with van der Waals surface area (Å²) in [5, 5.41) is 2.74. The van der Waals surface area contributed by atoms with E-state index in [2.05, 4.69) is 15.0 Å². The third-order valence-electron chi connectivity index (χ3n) is 4.62. The number of methoxy groups -OCH3 is 1. The first kappa shape index (κ1) is 21.8. The van der Waals surface area contributed by atoms with E-state index < -0.39 is 15.9 Å². The summed E-state index contributed by atoms with van der Waals surface area (Å²) in [7, 11) is -2.27. The molecule has 29 heavy (non-hydrogen) atoms. The van der Waals surface area contributed by atoms with Crippen LogP contribution in [0.3, 0.4) is 0 Å². The van der Waals surface area contributed by atoms with Crippen LogP contribution in [-0.2, 0) is 16.6 Å². The Morgan fingerprint density at radius 2 is 1.93 bits per heavy atom. The maximum Gasteiger partial charge on any atom is 0.253 e. The molecule has 7 nitrogen and oxygen atoms in total. The molecule has 1 aromatic heterocycles. The van der Waals surface area contributed by atoms with Gasteiger partial charge in [0.05, 0.1) is 35.0 Å². The average molecular weight is 458 g/mol. The number of rotatable bonds is 7. The average Bonchev–Trinajstić information content (AvgIpc) is 3.44. The van der Waals surface area contributed by atoms with Gasteiger partial charge in [-0.1, -0.05) is 23.2 Å². The summed E-state index contributed by atoms with van der Waals surface area (Å²) >= 11 is 12.2. The number of halogens is 2. The molecule has 1 aliphatic rings. The van der Waals surface area contributed by atoms with Crippen molar-refractivity contribution in [3.8, 4) is 5.75 Å². The number of amides is 1. The van der Waals surface area contributed by atoms with Crippen LogP contribution in [0.15, 0.2) is 23.2 Å². The molecule has 1 fully saturated rings. The molecule has 0 saturated heterocycles. The van der Waals surface area contributed by atoms with E-state index in [0.717, 1.165) is 24.0 Å². The first-order valence-electron chi connectivity index (χ1n) is 8.92. The van der Waals surface area contributed by atoms with E-state index >= 15 is 0 Å². The minimum absolute atomic E-state index is 0.0176. The molecule has 2 N–H and O–H groups in total. The SMILES string of the molecule is COc1c(C)cnc(CNC(=O)c2cc(S(=O)(=O)NC3CC3)c(Cl)cc2Cl)c1C. The van der Waals surface area contributed by atoms with Crippen molar-refractivity contribution in [1.82, 2.24) is 15.0 Å². The van der Waals surface area contributed by atoms with Gasteiger partial charge in [-0.15, -0.1) is 0 Å². The van der Waals surface area contributed by atoms with E-state index in [1.165, 1.54) is 12.1 Å². The van der Waals surface area contributed by atoms with E-state index in [4.69, 9.17) is 27.9 Å². The molecule has 3 rings (SSSR count). The Morgan fingerprint density at radius 3 is 2.55 bits per heavy atom. The molecule has 0 atom stereocenters. The Bertz CT molecular complexity index is 1070. The van der Waals surface area contributed by atoms with Gasteiger partial charge in [-0.05, 0) is 38.8 Å². The van der Waals surface area contributed by atoms with Gasteiger partial charge >= 0.3 is 0 Å². The lowest BCUT2D eigenvalue weighted by Crippen LogP contribution is -2.27. The number of hydrogen-bond acceptors (Lipinski definition) is 5. The van der Waals surface area contributed by atoms with E-state index in [1.807, 2.05) is 13.8 Å². The molecular weight excluding hydrogens is 437 g/mol. The van der Waals surface area contributed by atoms with Crippen molar-refractivity contribution in [2.45, 2.75) is 44.2 Å². The van der Waals surface area contributed by atoms with Crippen LogP contribution in [0.25, 0.3) is 0 Å². The third-order valence-corrected chi connectivity index (χ3v) is 6.92. The highest BCUT2D eigenvalue weighted by Gasteiger charge is 2.30. The summed E-state index contributed by atoms with van der Waals surface area (Å²) in [6.45, 7) is 3.86. The van der Waals surface area contributed by atoms with Gasteiger partial charge in [-0.2, -0.15) is 0 Å². The third kappa shape index (κ3) is 4.83. The fourth-order valence-electron chi connectivity index (χ4n) is 2.90. The molecule has 1 saturated carbocycles. The minimum atomic E-state index is -3.84. The van der Waals surface area contributed by atoms with E-state index in [1.54, 1.807) is 13.3 Å². The van der Waals surface area contributed by atoms with Crippen LogP contribution in [-0.4, -0.2) is 32.5 Å². The summed E-state index contributed by atoms with van der Waals surface area (Å²) in [6, 6.07) is 2.37. The summed E-state index contributed by atoms with van der Waals surface area (Å²) < 4.78 is 33.0. The van der Waals surface area contributed by atoms with Gasteiger partial charge in [0.15, 0.2) is 0 Å². The number of ether oxygens (including phenoxy) is 1. The lowest BCUT2D eigenvalue weighted by Gasteiger charge is -2.14. The second-order valence-electron chi connectivity index (χ2n) is 6.89. The van der Waals surface area contributed by atoms with Crippen molar-refractivity contribution in [1.29, 1.82) is 0 Å². The Balaban J connectivity index is 1.83. The van der Waals surface area contributed by atoms with Gasteiger partial charge in [-0.25, -0.2) is 13.1 Å². The van der Waals surface area contributed by atoms with Crippen LogP contribution in [0.5, 0.6) is 5.75 Å². The smallest absolute Gasteiger partial charge is 0.253 e. The van der Waals surface area contributed by atoms with Gasteiger partial charge in [0.25, 0.3) is 5.91 Å². The Morgan fingerprint density at radius 1 is 1.24 bits per heavy atom. The Hall–Kier alpha value is -1.87. The summed E-state index contributed by atoms with van der Waals surface area (Å²) in [6.07, 6.45) is 3.23. The number of hydrogen-bond donors (Lipinski definition) is 2. The molecule has 0 aliphatic heterocycles. The quantitative estimate of drug-likeness (QED) is 0.663. The molecule has 1 aliphatic carbocycles. The molecule has 0 unspecified atom stereocenters. The first-order valence-corrected chi connectivity index (χ1v) is 11.2. The zero-order chi connectivity index (χ0) is 21.3. The van der Waals surface area contributed by atoms with Crippen LogP contribution in [0.1, 0.15) is 40.0 Å². The van der Waals surface area contributed by atoms with Crippen molar-refractivity contribution in [3.63, 3.8) is 0 Å². The van der Waals surface area contributed by atoms with E-state index in [9.17, 15) is 13.2 Å². The molecule has 2 aromatic rings. The standard InChI is InChI=1S/C19H21Cl2N3O4S/c1-10-8-22-16(11(2)18(10)28-3)9-23-19(25)13-6-17(15(21)7-14(13)20)29(26,27)24-12-4-5-12/h6-8,12,24H,4-5,9H2,1-3H3,(H,23,25). The van der Waals surface area contributed by atoms with Crippen LogP contribution in [0.2, 0.25) is 10.0 Å². The molecular formula is C19H21Cl2N3O4S. The number of benzene rings is 1.